The van der Waals surface area contributed by atoms with E-state index in [9.17, 15) is 8.42 Å². The number of aryl methyl sites for hydroxylation is 1. The number of benzene rings is 1. The first-order valence-electron chi connectivity index (χ1n) is 4.49. The second-order valence-corrected chi connectivity index (χ2v) is 5.29. The Morgan fingerprint density at radius 2 is 2.00 bits per heavy atom. The van der Waals surface area contributed by atoms with Crippen LogP contribution in [0.15, 0.2) is 23.1 Å². The molecule has 1 N–H and O–H groups in total. The van der Waals surface area contributed by atoms with Crippen LogP contribution in [0.5, 0.6) is 0 Å². The Morgan fingerprint density at radius 1 is 1.36 bits per heavy atom. The van der Waals surface area contributed by atoms with Crippen molar-refractivity contribution in [3.63, 3.8) is 0 Å². The van der Waals surface area contributed by atoms with Gasteiger partial charge in [-0.05, 0) is 37.6 Å². The molecule has 1 rings (SSSR count). The van der Waals surface area contributed by atoms with Crippen molar-refractivity contribution in [1.82, 2.24) is 0 Å². The smallest absolute Gasteiger partial charge is 0.175 e. The number of anilines is 1. The maximum Gasteiger partial charge on any atom is 0.175 e. The number of sulfone groups is 1. The molecule has 14 heavy (non-hydrogen) atoms. The van der Waals surface area contributed by atoms with Crippen LogP contribution in [0.2, 0.25) is 0 Å². The summed E-state index contributed by atoms with van der Waals surface area (Å²) >= 11 is 0. The van der Waals surface area contributed by atoms with Crippen molar-refractivity contribution < 1.29 is 8.42 Å². The van der Waals surface area contributed by atoms with Crippen LogP contribution in [0, 0.1) is 6.92 Å². The third kappa shape index (κ3) is 2.48. The maximum atomic E-state index is 11.2. The van der Waals surface area contributed by atoms with Gasteiger partial charge < -0.3 is 5.32 Å². The summed E-state index contributed by atoms with van der Waals surface area (Å²) in [5.41, 5.74) is 1.94. The molecule has 0 heterocycles. The van der Waals surface area contributed by atoms with Crippen molar-refractivity contribution in [3.05, 3.63) is 23.8 Å². The Morgan fingerprint density at radius 3 is 2.43 bits per heavy atom. The normalized spacial score (nSPS) is 11.4. The fourth-order valence-corrected chi connectivity index (χ4v) is 1.96. The van der Waals surface area contributed by atoms with Crippen molar-refractivity contribution in [1.29, 1.82) is 0 Å². The predicted molar refractivity (Wildman–Crippen MR) is 58.5 cm³/mol. The monoisotopic (exact) mass is 213 g/mol. The molecule has 0 aliphatic carbocycles. The summed E-state index contributed by atoms with van der Waals surface area (Å²) in [7, 11) is -3.08. The van der Waals surface area contributed by atoms with Gasteiger partial charge in [-0.15, -0.1) is 0 Å². The first-order valence-corrected chi connectivity index (χ1v) is 6.39. The fraction of sp³-hybridized carbons (Fsp3) is 0.400. The molecule has 0 bridgehead atoms. The molecule has 1 aromatic rings. The standard InChI is InChI=1S/C10H15NO2S/c1-4-11-10-6-5-9(7-8(10)2)14(3,12)13/h5-7,11H,4H2,1-3H3. The van der Waals surface area contributed by atoms with Crippen molar-refractivity contribution in [2.24, 2.45) is 0 Å². The van der Waals surface area contributed by atoms with E-state index < -0.39 is 9.84 Å². The topological polar surface area (TPSA) is 46.2 Å². The fourth-order valence-electron chi connectivity index (χ4n) is 1.26. The van der Waals surface area contributed by atoms with Crippen LogP contribution >= 0.6 is 0 Å². The average molecular weight is 213 g/mol. The number of hydrogen-bond donors (Lipinski definition) is 1. The Hall–Kier alpha value is -1.03. The number of rotatable bonds is 3. The van der Waals surface area contributed by atoms with Crippen molar-refractivity contribution in [2.45, 2.75) is 18.7 Å². The molecule has 3 nitrogen and oxygen atoms in total. The molecule has 0 amide bonds. The van der Waals surface area contributed by atoms with Crippen LogP contribution in [0.1, 0.15) is 12.5 Å². The quantitative estimate of drug-likeness (QED) is 0.833. The van der Waals surface area contributed by atoms with Crippen LogP contribution in [0.4, 0.5) is 5.69 Å². The highest BCUT2D eigenvalue weighted by atomic mass is 32.2. The first kappa shape index (κ1) is 11.0. The molecule has 0 aliphatic rings. The van der Waals surface area contributed by atoms with Gasteiger partial charge >= 0.3 is 0 Å². The van der Waals surface area contributed by atoms with E-state index in [2.05, 4.69) is 5.32 Å². The molecule has 0 aromatic heterocycles. The van der Waals surface area contributed by atoms with Crippen LogP contribution < -0.4 is 5.32 Å². The lowest BCUT2D eigenvalue weighted by molar-refractivity contribution is 0.602. The molecule has 0 saturated heterocycles. The molecule has 0 unspecified atom stereocenters. The summed E-state index contributed by atoms with van der Waals surface area (Å²) in [5, 5.41) is 3.16. The summed E-state index contributed by atoms with van der Waals surface area (Å²) < 4.78 is 22.5. The highest BCUT2D eigenvalue weighted by Crippen LogP contribution is 2.19. The number of hydrogen-bond acceptors (Lipinski definition) is 3. The highest BCUT2D eigenvalue weighted by Gasteiger charge is 2.08. The van der Waals surface area contributed by atoms with E-state index in [0.29, 0.717) is 4.90 Å². The van der Waals surface area contributed by atoms with Gasteiger partial charge in [0.2, 0.25) is 0 Å². The maximum absolute atomic E-state index is 11.2. The SMILES string of the molecule is CCNc1ccc(S(C)(=O)=O)cc1C. The third-order valence-electron chi connectivity index (χ3n) is 1.99. The van der Waals surface area contributed by atoms with E-state index in [-0.39, 0.29) is 0 Å². The molecule has 4 heteroatoms. The van der Waals surface area contributed by atoms with Gasteiger partial charge in [-0.2, -0.15) is 0 Å². The van der Waals surface area contributed by atoms with Crippen LogP contribution in [0.3, 0.4) is 0 Å². The van der Waals surface area contributed by atoms with E-state index in [1.54, 1.807) is 18.2 Å². The van der Waals surface area contributed by atoms with Crippen LogP contribution in [0.25, 0.3) is 0 Å². The molecule has 0 saturated carbocycles. The minimum atomic E-state index is -3.08. The first-order chi connectivity index (χ1) is 6.45. The molecular formula is C10H15NO2S. The van der Waals surface area contributed by atoms with E-state index in [4.69, 9.17) is 0 Å². The van der Waals surface area contributed by atoms with Gasteiger partial charge in [0, 0.05) is 18.5 Å². The van der Waals surface area contributed by atoms with Crippen LogP contribution in [-0.4, -0.2) is 21.2 Å². The summed E-state index contributed by atoms with van der Waals surface area (Å²) in [6, 6.07) is 5.11. The van der Waals surface area contributed by atoms with Crippen molar-refractivity contribution >= 4 is 15.5 Å². The van der Waals surface area contributed by atoms with E-state index in [1.807, 2.05) is 13.8 Å². The molecule has 0 spiro atoms. The van der Waals surface area contributed by atoms with Gasteiger partial charge in [0.05, 0.1) is 4.90 Å². The van der Waals surface area contributed by atoms with E-state index >= 15 is 0 Å². The van der Waals surface area contributed by atoms with Crippen LogP contribution in [-0.2, 0) is 9.84 Å². The van der Waals surface area contributed by atoms with Crippen molar-refractivity contribution in [3.8, 4) is 0 Å². The van der Waals surface area contributed by atoms with Gasteiger partial charge in [0.1, 0.15) is 0 Å². The van der Waals surface area contributed by atoms with E-state index in [0.717, 1.165) is 17.8 Å². The summed E-state index contributed by atoms with van der Waals surface area (Å²) in [5.74, 6) is 0. The Bertz CT molecular complexity index is 424. The van der Waals surface area contributed by atoms with Gasteiger partial charge in [0.25, 0.3) is 0 Å². The zero-order valence-electron chi connectivity index (χ0n) is 8.66. The largest absolute Gasteiger partial charge is 0.385 e. The summed E-state index contributed by atoms with van der Waals surface area (Å²) in [4.78, 5) is 0.372. The summed E-state index contributed by atoms with van der Waals surface area (Å²) in [6.07, 6.45) is 1.22. The van der Waals surface area contributed by atoms with Gasteiger partial charge in [-0.3, -0.25) is 0 Å². The Kier molecular flexibility index (Phi) is 3.16. The second-order valence-electron chi connectivity index (χ2n) is 3.28. The molecule has 0 aliphatic heterocycles. The zero-order chi connectivity index (χ0) is 10.8. The molecule has 0 fully saturated rings. The minimum absolute atomic E-state index is 0.372. The summed E-state index contributed by atoms with van der Waals surface area (Å²) in [6.45, 7) is 4.73. The van der Waals surface area contributed by atoms with E-state index in [1.165, 1.54) is 6.26 Å². The Balaban J connectivity index is 3.13. The zero-order valence-corrected chi connectivity index (χ0v) is 9.48. The molecule has 78 valence electrons. The van der Waals surface area contributed by atoms with Gasteiger partial charge in [0.15, 0.2) is 9.84 Å². The Labute approximate surface area is 85.1 Å². The number of nitrogens with one attached hydrogen (secondary N) is 1. The predicted octanol–water partition coefficient (Wildman–Crippen LogP) is 1.83. The third-order valence-corrected chi connectivity index (χ3v) is 3.10. The lowest BCUT2D eigenvalue weighted by Crippen LogP contribution is -2.01. The average Bonchev–Trinajstić information content (AvgIpc) is 2.07. The molecular weight excluding hydrogens is 198 g/mol. The lowest BCUT2D eigenvalue weighted by atomic mass is 10.2. The van der Waals surface area contributed by atoms with Gasteiger partial charge in [-0.25, -0.2) is 8.42 Å². The van der Waals surface area contributed by atoms with Gasteiger partial charge in [-0.1, -0.05) is 0 Å². The van der Waals surface area contributed by atoms with Crippen molar-refractivity contribution in [2.75, 3.05) is 18.1 Å². The lowest BCUT2D eigenvalue weighted by Gasteiger charge is -2.08. The highest BCUT2D eigenvalue weighted by molar-refractivity contribution is 7.90. The minimum Gasteiger partial charge on any atom is -0.385 e. The molecule has 0 atom stereocenters. The molecule has 1 aromatic carbocycles. The second kappa shape index (κ2) is 4.00. The molecule has 0 radical (unpaired) electrons.